The lowest BCUT2D eigenvalue weighted by Gasteiger charge is -2.24. The predicted molar refractivity (Wildman–Crippen MR) is 57.4 cm³/mol. The van der Waals surface area contributed by atoms with Crippen LogP contribution in [0.15, 0.2) is 0 Å². The Bertz CT molecular complexity index is 269. The Hall–Kier alpha value is -0.240. The van der Waals surface area contributed by atoms with Crippen LogP contribution >= 0.6 is 0 Å². The van der Waals surface area contributed by atoms with E-state index in [2.05, 4.69) is 0 Å². The molecule has 6 heteroatoms. The molecule has 2 heterocycles. The first-order valence-corrected chi connectivity index (χ1v) is 5.69. The maximum absolute atomic E-state index is 9.94. The highest BCUT2D eigenvalue weighted by atomic mass is 16.8. The third-order valence-corrected chi connectivity index (χ3v) is 3.13. The number of ether oxygens (including phenoxy) is 5. The highest BCUT2D eigenvalue weighted by molar-refractivity contribution is 4.94. The molecule has 0 aromatic rings. The van der Waals surface area contributed by atoms with E-state index in [1.165, 1.54) is 14.2 Å². The average molecular weight is 248 g/mol. The molecule has 2 aliphatic heterocycles. The Morgan fingerprint density at radius 2 is 1.94 bits per heavy atom. The van der Waals surface area contributed by atoms with Crippen molar-refractivity contribution in [2.24, 2.45) is 0 Å². The van der Waals surface area contributed by atoms with Crippen LogP contribution in [0.1, 0.15) is 13.8 Å². The number of aliphatic hydroxyl groups excluding tert-OH is 1. The molecule has 1 N–H and O–H groups in total. The van der Waals surface area contributed by atoms with Crippen molar-refractivity contribution in [1.82, 2.24) is 0 Å². The summed E-state index contributed by atoms with van der Waals surface area (Å²) in [6.07, 6.45) is -2.62. The smallest absolute Gasteiger partial charge is 0.186 e. The van der Waals surface area contributed by atoms with Crippen LogP contribution in [0.3, 0.4) is 0 Å². The monoisotopic (exact) mass is 248 g/mol. The molecule has 100 valence electrons. The Labute approximate surface area is 101 Å². The fourth-order valence-electron chi connectivity index (χ4n) is 2.31. The molecule has 0 aliphatic carbocycles. The first-order valence-electron chi connectivity index (χ1n) is 5.69. The SMILES string of the molecule is CO[C@@H]1O[C@@H]([C@H]2COC(C)(C)O2)[C@H](OC)[C@H]1O. The van der Waals surface area contributed by atoms with E-state index < -0.39 is 24.3 Å². The van der Waals surface area contributed by atoms with Crippen LogP contribution in [0.5, 0.6) is 0 Å². The van der Waals surface area contributed by atoms with Gasteiger partial charge in [-0.2, -0.15) is 0 Å². The lowest BCUT2D eigenvalue weighted by molar-refractivity contribution is -0.185. The number of hydrogen-bond donors (Lipinski definition) is 1. The summed E-state index contributed by atoms with van der Waals surface area (Å²) in [5.41, 5.74) is 0. The maximum Gasteiger partial charge on any atom is 0.186 e. The first-order chi connectivity index (χ1) is 7.98. The van der Waals surface area contributed by atoms with E-state index in [9.17, 15) is 5.11 Å². The van der Waals surface area contributed by atoms with Crippen molar-refractivity contribution in [1.29, 1.82) is 0 Å². The van der Waals surface area contributed by atoms with Gasteiger partial charge in [-0.1, -0.05) is 0 Å². The largest absolute Gasteiger partial charge is 0.385 e. The normalized spacial score (nSPS) is 45.4. The zero-order valence-corrected chi connectivity index (χ0v) is 10.6. The van der Waals surface area contributed by atoms with Gasteiger partial charge in [0.2, 0.25) is 0 Å². The summed E-state index contributed by atoms with van der Waals surface area (Å²) in [4.78, 5) is 0. The highest BCUT2D eigenvalue weighted by Crippen LogP contribution is 2.33. The number of rotatable bonds is 3. The highest BCUT2D eigenvalue weighted by Gasteiger charge is 2.51. The van der Waals surface area contributed by atoms with Crippen LogP contribution in [0.25, 0.3) is 0 Å². The van der Waals surface area contributed by atoms with Crippen LogP contribution in [-0.4, -0.2) is 62.4 Å². The minimum atomic E-state index is -0.817. The average Bonchev–Trinajstić information content (AvgIpc) is 2.78. The molecule has 0 spiro atoms. The first kappa shape index (κ1) is 13.2. The molecule has 2 rings (SSSR count). The second kappa shape index (κ2) is 4.79. The van der Waals surface area contributed by atoms with Crippen molar-refractivity contribution in [3.63, 3.8) is 0 Å². The molecule has 17 heavy (non-hydrogen) atoms. The molecule has 2 fully saturated rings. The zero-order chi connectivity index (χ0) is 12.6. The molecule has 0 aromatic heterocycles. The van der Waals surface area contributed by atoms with Crippen molar-refractivity contribution >= 4 is 0 Å². The van der Waals surface area contributed by atoms with Crippen LogP contribution in [0, 0.1) is 0 Å². The number of aliphatic hydroxyl groups is 1. The summed E-state index contributed by atoms with van der Waals surface area (Å²) >= 11 is 0. The predicted octanol–water partition coefficient (Wildman–Crippen LogP) is -0.115. The summed E-state index contributed by atoms with van der Waals surface area (Å²) < 4.78 is 27.1. The molecular formula is C11H20O6. The van der Waals surface area contributed by atoms with Gasteiger partial charge in [0.15, 0.2) is 12.1 Å². The Morgan fingerprint density at radius 3 is 2.41 bits per heavy atom. The topological polar surface area (TPSA) is 66.4 Å². The van der Waals surface area contributed by atoms with E-state index in [4.69, 9.17) is 23.7 Å². The summed E-state index contributed by atoms with van der Waals surface area (Å²) in [6, 6.07) is 0. The summed E-state index contributed by atoms with van der Waals surface area (Å²) in [5.74, 6) is -0.623. The molecule has 2 saturated heterocycles. The number of methoxy groups -OCH3 is 2. The fraction of sp³-hybridized carbons (Fsp3) is 1.00. The van der Waals surface area contributed by atoms with Crippen molar-refractivity contribution in [3.8, 4) is 0 Å². The molecule has 0 unspecified atom stereocenters. The van der Waals surface area contributed by atoms with Crippen LogP contribution in [0.2, 0.25) is 0 Å². The molecule has 0 radical (unpaired) electrons. The molecule has 2 aliphatic rings. The molecule has 0 aromatic carbocycles. The van der Waals surface area contributed by atoms with Gasteiger partial charge in [-0.3, -0.25) is 0 Å². The number of hydrogen-bond acceptors (Lipinski definition) is 6. The minimum absolute atomic E-state index is 0.259. The molecule has 0 bridgehead atoms. The maximum atomic E-state index is 9.94. The van der Waals surface area contributed by atoms with Gasteiger partial charge in [0.1, 0.15) is 24.4 Å². The van der Waals surface area contributed by atoms with E-state index >= 15 is 0 Å². The van der Waals surface area contributed by atoms with Gasteiger partial charge in [0, 0.05) is 14.2 Å². The fourth-order valence-corrected chi connectivity index (χ4v) is 2.31. The second-order valence-electron chi connectivity index (χ2n) is 4.76. The van der Waals surface area contributed by atoms with Gasteiger partial charge >= 0.3 is 0 Å². The third-order valence-electron chi connectivity index (χ3n) is 3.13. The van der Waals surface area contributed by atoms with E-state index in [0.717, 1.165) is 0 Å². The van der Waals surface area contributed by atoms with Gasteiger partial charge in [-0.05, 0) is 13.8 Å². The van der Waals surface area contributed by atoms with Gasteiger partial charge < -0.3 is 28.8 Å². The van der Waals surface area contributed by atoms with Crippen LogP contribution in [-0.2, 0) is 23.7 Å². The molecular weight excluding hydrogens is 228 g/mol. The van der Waals surface area contributed by atoms with Crippen LogP contribution < -0.4 is 0 Å². The Balaban J connectivity index is 2.05. The van der Waals surface area contributed by atoms with E-state index in [0.29, 0.717) is 6.61 Å². The molecule has 0 saturated carbocycles. The van der Waals surface area contributed by atoms with Crippen molar-refractivity contribution in [2.75, 3.05) is 20.8 Å². The third kappa shape index (κ3) is 2.47. The standard InChI is InChI=1S/C11H20O6/c1-11(2)15-5-6(17-11)8-9(13-3)7(12)10(14-4)16-8/h6-10,12H,5H2,1-4H3/t6-,7-,8+,9-,10-/m1/s1. The summed E-state index contributed by atoms with van der Waals surface area (Å²) in [6.45, 7) is 4.10. The van der Waals surface area contributed by atoms with Gasteiger partial charge in [-0.15, -0.1) is 0 Å². The molecule has 6 nitrogen and oxygen atoms in total. The summed E-state index contributed by atoms with van der Waals surface area (Å²) in [5, 5.41) is 9.94. The zero-order valence-electron chi connectivity index (χ0n) is 10.6. The van der Waals surface area contributed by atoms with E-state index in [1.54, 1.807) is 0 Å². The molecule has 0 amide bonds. The van der Waals surface area contributed by atoms with Crippen LogP contribution in [0.4, 0.5) is 0 Å². The van der Waals surface area contributed by atoms with E-state index in [1.807, 2.05) is 13.8 Å². The van der Waals surface area contributed by atoms with Gasteiger partial charge in [0.25, 0.3) is 0 Å². The van der Waals surface area contributed by atoms with Gasteiger partial charge in [0.05, 0.1) is 6.61 Å². The van der Waals surface area contributed by atoms with Crippen molar-refractivity contribution < 1.29 is 28.8 Å². The van der Waals surface area contributed by atoms with E-state index in [-0.39, 0.29) is 12.2 Å². The lowest BCUT2D eigenvalue weighted by Crippen LogP contribution is -2.42. The van der Waals surface area contributed by atoms with Crippen molar-refractivity contribution in [3.05, 3.63) is 0 Å². The second-order valence-corrected chi connectivity index (χ2v) is 4.76. The quantitative estimate of drug-likeness (QED) is 0.751. The summed E-state index contributed by atoms with van der Waals surface area (Å²) in [7, 11) is 3.02. The minimum Gasteiger partial charge on any atom is -0.385 e. The van der Waals surface area contributed by atoms with Gasteiger partial charge in [-0.25, -0.2) is 0 Å². The molecule has 5 atom stereocenters. The Morgan fingerprint density at radius 1 is 1.24 bits per heavy atom. The van der Waals surface area contributed by atoms with Crippen molar-refractivity contribution in [2.45, 2.75) is 50.3 Å². The lowest BCUT2D eigenvalue weighted by atomic mass is 10.1. The Kier molecular flexibility index (Phi) is 3.72.